The molecule has 0 bridgehead atoms. The minimum atomic E-state index is 0.914. The number of para-hydroxylation sites is 1. The molecule has 8 aromatic carbocycles. The largest absolute Gasteiger partial charge is 0.456 e. The second-order valence-corrected chi connectivity index (χ2v) is 13.8. The molecule has 0 unspecified atom stereocenters. The molecule has 50 heavy (non-hydrogen) atoms. The fraction of sp³-hybridized carbons (Fsp3) is 0. The van der Waals surface area contributed by atoms with Crippen molar-refractivity contribution in [1.29, 1.82) is 0 Å². The van der Waals surface area contributed by atoms with Gasteiger partial charge in [0.15, 0.2) is 0 Å². The fourth-order valence-electron chi connectivity index (χ4n) is 8.26. The predicted octanol–water partition coefficient (Wildman–Crippen LogP) is 3.85. The molecular weight excluding hydrogens is 599 g/mol. The van der Waals surface area contributed by atoms with Gasteiger partial charge < -0.3 is 4.42 Å². The molecule has 0 radical (unpaired) electrons. The lowest BCUT2D eigenvalue weighted by Gasteiger charge is -2.25. The minimum Gasteiger partial charge on any atom is -0.456 e. The summed E-state index contributed by atoms with van der Waals surface area (Å²) in [7, 11) is 11.4. The van der Waals surface area contributed by atoms with Crippen LogP contribution in [0.3, 0.4) is 0 Å². The Morgan fingerprint density at radius 2 is 0.820 bits per heavy atom. The Balaban J connectivity index is 1.41. The first-order chi connectivity index (χ1) is 24.4. The summed E-state index contributed by atoms with van der Waals surface area (Å²) in [6, 6.07) is 50.7. The normalized spacial score (nSPS) is 11.6. The molecule has 9 rings (SSSR count). The van der Waals surface area contributed by atoms with Crippen LogP contribution in [0.25, 0.3) is 88.0 Å². The zero-order valence-corrected chi connectivity index (χ0v) is 29.2. The monoisotopic (exact) mass is 632 g/mol. The van der Waals surface area contributed by atoms with Crippen molar-refractivity contribution in [2.45, 2.75) is 0 Å². The van der Waals surface area contributed by atoms with Crippen LogP contribution in [-0.4, -0.2) is 39.2 Å². The zero-order valence-electron chi connectivity index (χ0n) is 29.2. The summed E-state index contributed by atoms with van der Waals surface area (Å²) in [4.78, 5) is 0. The zero-order chi connectivity index (χ0) is 34.1. The Bertz CT molecular complexity index is 2770. The van der Waals surface area contributed by atoms with Crippen molar-refractivity contribution < 1.29 is 4.42 Å². The quantitative estimate of drug-likeness (QED) is 0.213. The molecule has 0 saturated heterocycles. The molecule has 0 spiro atoms. The highest BCUT2D eigenvalue weighted by Crippen LogP contribution is 2.47. The lowest BCUT2D eigenvalue weighted by Crippen LogP contribution is -2.55. The molecule has 6 heteroatoms. The van der Waals surface area contributed by atoms with Crippen LogP contribution in [0.2, 0.25) is 0 Å². The van der Waals surface area contributed by atoms with Gasteiger partial charge in [-0.3, -0.25) is 0 Å². The molecule has 0 aliphatic rings. The van der Waals surface area contributed by atoms with Crippen molar-refractivity contribution in [2.24, 2.45) is 0 Å². The molecule has 0 N–H and O–H groups in total. The minimum absolute atomic E-state index is 0.914. The Kier molecular flexibility index (Phi) is 7.18. The van der Waals surface area contributed by atoms with Crippen molar-refractivity contribution in [3.8, 4) is 44.5 Å². The molecule has 0 saturated carbocycles. The fourth-order valence-corrected chi connectivity index (χ4v) is 8.26. The first-order valence-electron chi connectivity index (χ1n) is 17.5. The third-order valence-electron chi connectivity index (χ3n) is 11.3. The van der Waals surface area contributed by atoms with E-state index in [9.17, 15) is 0 Å². The van der Waals surface area contributed by atoms with Gasteiger partial charge in [0, 0.05) is 10.8 Å². The molecule has 0 aliphatic heterocycles. The lowest BCUT2D eigenvalue weighted by atomic mass is 9.59. The van der Waals surface area contributed by atoms with Crippen molar-refractivity contribution in [1.82, 2.24) is 0 Å². The Morgan fingerprint density at radius 3 is 1.52 bits per heavy atom. The highest BCUT2D eigenvalue weighted by Gasteiger charge is 2.23. The summed E-state index contributed by atoms with van der Waals surface area (Å²) in [5, 5.41) is 7.34. The van der Waals surface area contributed by atoms with E-state index in [1.54, 1.807) is 0 Å². The van der Waals surface area contributed by atoms with E-state index < -0.39 is 0 Å². The molecule has 0 aliphatic carbocycles. The maximum absolute atomic E-state index is 6.42. The lowest BCUT2D eigenvalue weighted by molar-refractivity contribution is 0.669. The molecule has 0 fully saturated rings. The summed E-state index contributed by atoms with van der Waals surface area (Å²) in [6.45, 7) is 0. The van der Waals surface area contributed by atoms with Gasteiger partial charge in [0.25, 0.3) is 0 Å². The third kappa shape index (κ3) is 4.62. The Hall–Kier alpha value is -5.60. The first kappa shape index (κ1) is 30.5. The second kappa shape index (κ2) is 11.8. The SMILES string of the molecule is Bc1c(B)c(B)c(-c2c3ccccc3c(-c3cccc4oc5ccccc5c34)c3ccc(-c4ccc(-c5ccccc5)cc4)cc23)c(B)c1B. The number of benzene rings is 8. The molecule has 9 aromatic rings. The van der Waals surface area contributed by atoms with Gasteiger partial charge in [-0.2, -0.15) is 0 Å². The van der Waals surface area contributed by atoms with E-state index in [0.717, 1.165) is 21.9 Å². The highest BCUT2D eigenvalue weighted by molar-refractivity contribution is 6.69. The predicted molar refractivity (Wildman–Crippen MR) is 231 cm³/mol. The standard InChI is InChI=1S/C44H33B5O/c45-40-39(41(46)43(48)44(49)42(40)47)38-29-12-5-4-11-28(29)36(32-14-8-16-35-37(32)31-13-6-7-15-34(31)50-35)30-22-21-27(23-33(30)38)26-19-17-25(18-20-26)24-9-2-1-3-10-24/h1-23H,45-49H2. The average Bonchev–Trinajstić information content (AvgIpc) is 3.56. The van der Waals surface area contributed by atoms with Gasteiger partial charge in [0.2, 0.25) is 0 Å². The summed E-state index contributed by atoms with van der Waals surface area (Å²) < 4.78 is 6.42. The number of furan rings is 1. The summed E-state index contributed by atoms with van der Waals surface area (Å²) in [5.74, 6) is 0. The van der Waals surface area contributed by atoms with Crippen LogP contribution < -0.4 is 27.3 Å². The maximum atomic E-state index is 6.42. The molecule has 1 nitrogen and oxygen atoms in total. The number of hydrogen-bond acceptors (Lipinski definition) is 1. The van der Waals surface area contributed by atoms with E-state index in [0.29, 0.717) is 0 Å². The van der Waals surface area contributed by atoms with Crippen LogP contribution in [-0.2, 0) is 0 Å². The molecule has 1 heterocycles. The summed E-state index contributed by atoms with van der Waals surface area (Å²) in [5.41, 5.74) is 18.6. The van der Waals surface area contributed by atoms with Crippen LogP contribution >= 0.6 is 0 Å². The van der Waals surface area contributed by atoms with E-state index in [1.165, 1.54) is 93.4 Å². The summed E-state index contributed by atoms with van der Waals surface area (Å²) >= 11 is 0. The van der Waals surface area contributed by atoms with Gasteiger partial charge in [-0.1, -0.05) is 132 Å². The second-order valence-electron chi connectivity index (χ2n) is 13.8. The van der Waals surface area contributed by atoms with Crippen molar-refractivity contribution in [2.75, 3.05) is 0 Å². The van der Waals surface area contributed by atoms with Crippen LogP contribution in [0.15, 0.2) is 144 Å². The Morgan fingerprint density at radius 1 is 0.320 bits per heavy atom. The Labute approximate surface area is 297 Å². The van der Waals surface area contributed by atoms with Crippen LogP contribution in [0.4, 0.5) is 0 Å². The number of fused-ring (bicyclic) bond motifs is 5. The third-order valence-corrected chi connectivity index (χ3v) is 11.3. The van der Waals surface area contributed by atoms with Crippen LogP contribution in [0.1, 0.15) is 0 Å². The molecular formula is C44H33B5O. The smallest absolute Gasteiger partial charge is 0.139 e. The highest BCUT2D eigenvalue weighted by atomic mass is 16.3. The maximum Gasteiger partial charge on any atom is 0.139 e. The topological polar surface area (TPSA) is 13.1 Å². The van der Waals surface area contributed by atoms with Crippen molar-refractivity contribution >= 4 is 110 Å². The molecule has 0 atom stereocenters. The first-order valence-corrected chi connectivity index (χ1v) is 17.5. The van der Waals surface area contributed by atoms with E-state index >= 15 is 0 Å². The summed E-state index contributed by atoms with van der Waals surface area (Å²) in [6.07, 6.45) is 0. The molecule has 1 aromatic heterocycles. The van der Waals surface area contributed by atoms with E-state index in [1.807, 2.05) is 6.07 Å². The van der Waals surface area contributed by atoms with Gasteiger partial charge in [-0.25, -0.2) is 0 Å². The van der Waals surface area contributed by atoms with Crippen LogP contribution in [0, 0.1) is 0 Å². The van der Waals surface area contributed by atoms with Gasteiger partial charge >= 0.3 is 0 Å². The van der Waals surface area contributed by atoms with Gasteiger partial charge in [-0.05, 0) is 84.3 Å². The average molecular weight is 632 g/mol. The van der Waals surface area contributed by atoms with E-state index in [-0.39, 0.29) is 0 Å². The van der Waals surface area contributed by atoms with E-state index in [4.69, 9.17) is 4.42 Å². The van der Waals surface area contributed by atoms with E-state index in [2.05, 4.69) is 173 Å². The number of rotatable bonds is 4. The van der Waals surface area contributed by atoms with Gasteiger partial charge in [0.1, 0.15) is 50.4 Å². The van der Waals surface area contributed by atoms with Gasteiger partial charge in [0.05, 0.1) is 0 Å². The molecule has 230 valence electrons. The van der Waals surface area contributed by atoms with Crippen molar-refractivity contribution in [3.05, 3.63) is 140 Å². The van der Waals surface area contributed by atoms with Crippen molar-refractivity contribution in [3.63, 3.8) is 0 Å². The van der Waals surface area contributed by atoms with Crippen LogP contribution in [0.5, 0.6) is 0 Å². The molecule has 0 amide bonds. The number of hydrogen-bond donors (Lipinski definition) is 0. The van der Waals surface area contributed by atoms with Gasteiger partial charge in [-0.15, -0.1) is 16.4 Å².